The summed E-state index contributed by atoms with van der Waals surface area (Å²) in [5.41, 5.74) is 9.45. The van der Waals surface area contributed by atoms with E-state index >= 15 is 0 Å². The number of thiophene rings is 1. The molecule has 0 aliphatic heterocycles. The van der Waals surface area contributed by atoms with Gasteiger partial charge >= 0.3 is 0 Å². The van der Waals surface area contributed by atoms with Gasteiger partial charge in [0.1, 0.15) is 0 Å². The standard InChI is InChI=1S/C15H15Br2NS/c16-12-8-13(19-15(12)17)14(18)11-6-5-9-3-1-2-4-10(9)7-11/h1-4,8,11,14H,5-7,18H2. The number of fused-ring (bicyclic) bond motifs is 1. The van der Waals surface area contributed by atoms with Crippen LogP contribution in [0.4, 0.5) is 0 Å². The largest absolute Gasteiger partial charge is 0.323 e. The highest BCUT2D eigenvalue weighted by atomic mass is 79.9. The number of benzene rings is 1. The lowest BCUT2D eigenvalue weighted by Crippen LogP contribution is -2.26. The van der Waals surface area contributed by atoms with Crippen molar-refractivity contribution in [3.05, 3.63) is 54.6 Å². The van der Waals surface area contributed by atoms with Gasteiger partial charge in [0, 0.05) is 15.4 Å². The van der Waals surface area contributed by atoms with Crippen LogP contribution in [0, 0.1) is 5.92 Å². The summed E-state index contributed by atoms with van der Waals surface area (Å²) in [6.45, 7) is 0. The minimum absolute atomic E-state index is 0.140. The van der Waals surface area contributed by atoms with Crippen molar-refractivity contribution in [3.63, 3.8) is 0 Å². The molecule has 0 saturated heterocycles. The Morgan fingerprint density at radius 3 is 2.63 bits per heavy atom. The Kier molecular flexibility index (Phi) is 4.13. The second-order valence-corrected chi connectivity index (χ2v) is 8.32. The molecule has 3 rings (SSSR count). The number of nitrogens with two attached hydrogens (primary N) is 1. The van der Waals surface area contributed by atoms with E-state index in [1.807, 2.05) is 0 Å². The molecular weight excluding hydrogens is 386 g/mol. The van der Waals surface area contributed by atoms with Crippen molar-refractivity contribution in [2.24, 2.45) is 11.7 Å². The zero-order valence-electron chi connectivity index (χ0n) is 10.4. The van der Waals surface area contributed by atoms with Crippen molar-refractivity contribution in [1.82, 2.24) is 0 Å². The third-order valence-corrected chi connectivity index (χ3v) is 7.24. The van der Waals surface area contributed by atoms with Gasteiger partial charge in [0.2, 0.25) is 0 Å². The Labute approximate surface area is 134 Å². The van der Waals surface area contributed by atoms with E-state index < -0.39 is 0 Å². The van der Waals surface area contributed by atoms with Crippen LogP contribution in [-0.4, -0.2) is 0 Å². The van der Waals surface area contributed by atoms with Crippen LogP contribution >= 0.6 is 43.2 Å². The van der Waals surface area contributed by atoms with E-state index in [0.29, 0.717) is 5.92 Å². The number of hydrogen-bond donors (Lipinski definition) is 1. The lowest BCUT2D eigenvalue weighted by molar-refractivity contribution is 0.386. The Balaban J connectivity index is 1.81. The monoisotopic (exact) mass is 399 g/mol. The molecule has 2 unspecified atom stereocenters. The zero-order chi connectivity index (χ0) is 13.4. The number of aryl methyl sites for hydroxylation is 1. The van der Waals surface area contributed by atoms with E-state index in [2.05, 4.69) is 62.2 Å². The normalized spacial score (nSPS) is 20.1. The number of halogens is 2. The molecule has 1 heterocycles. The second-order valence-electron chi connectivity index (χ2n) is 5.07. The minimum atomic E-state index is 0.140. The Morgan fingerprint density at radius 2 is 1.95 bits per heavy atom. The van der Waals surface area contributed by atoms with Gasteiger partial charge < -0.3 is 5.73 Å². The van der Waals surface area contributed by atoms with Gasteiger partial charge in [0.25, 0.3) is 0 Å². The van der Waals surface area contributed by atoms with Gasteiger partial charge in [-0.1, -0.05) is 24.3 Å². The predicted octanol–water partition coefficient (Wildman–Crippen LogP) is 5.08. The van der Waals surface area contributed by atoms with Crippen LogP contribution in [0.3, 0.4) is 0 Å². The quantitative estimate of drug-likeness (QED) is 0.747. The van der Waals surface area contributed by atoms with Gasteiger partial charge in [0.05, 0.1) is 3.79 Å². The molecule has 0 spiro atoms. The molecule has 2 aromatic rings. The first-order valence-corrected chi connectivity index (χ1v) is 8.82. The maximum absolute atomic E-state index is 6.48. The summed E-state index contributed by atoms with van der Waals surface area (Å²) < 4.78 is 2.24. The van der Waals surface area contributed by atoms with Crippen molar-refractivity contribution in [2.75, 3.05) is 0 Å². The molecule has 1 aliphatic rings. The highest BCUT2D eigenvalue weighted by Crippen LogP contribution is 2.40. The van der Waals surface area contributed by atoms with Crippen LogP contribution in [0.2, 0.25) is 0 Å². The molecule has 19 heavy (non-hydrogen) atoms. The molecule has 0 saturated carbocycles. The van der Waals surface area contributed by atoms with E-state index in [9.17, 15) is 0 Å². The van der Waals surface area contributed by atoms with Gasteiger partial charge in [-0.2, -0.15) is 0 Å². The van der Waals surface area contributed by atoms with Crippen molar-refractivity contribution in [3.8, 4) is 0 Å². The van der Waals surface area contributed by atoms with Crippen molar-refractivity contribution in [1.29, 1.82) is 0 Å². The summed E-state index contributed by atoms with van der Waals surface area (Å²) >= 11 is 8.83. The topological polar surface area (TPSA) is 26.0 Å². The van der Waals surface area contributed by atoms with Crippen molar-refractivity contribution < 1.29 is 0 Å². The molecule has 1 aromatic heterocycles. The fourth-order valence-corrected chi connectivity index (χ4v) is 4.98. The van der Waals surface area contributed by atoms with Crippen LogP contribution in [0.25, 0.3) is 0 Å². The van der Waals surface area contributed by atoms with Crippen LogP contribution in [-0.2, 0) is 12.8 Å². The lowest BCUT2D eigenvalue weighted by atomic mass is 9.80. The maximum atomic E-state index is 6.48. The number of hydrogen-bond acceptors (Lipinski definition) is 2. The number of rotatable bonds is 2. The molecule has 1 nitrogen and oxygen atoms in total. The van der Waals surface area contributed by atoms with Gasteiger partial charge in [-0.05, 0) is 74.2 Å². The molecular formula is C15H15Br2NS. The summed E-state index contributed by atoms with van der Waals surface area (Å²) in [5.74, 6) is 0.548. The van der Waals surface area contributed by atoms with Crippen molar-refractivity contribution >= 4 is 43.2 Å². The predicted molar refractivity (Wildman–Crippen MR) is 88.6 cm³/mol. The first kappa shape index (κ1) is 13.8. The fraction of sp³-hybridized carbons (Fsp3) is 0.333. The first-order chi connectivity index (χ1) is 9.15. The third kappa shape index (κ3) is 2.82. The molecule has 1 aliphatic carbocycles. The Bertz CT molecular complexity index is 574. The van der Waals surface area contributed by atoms with E-state index in [0.717, 1.165) is 21.1 Å². The molecule has 2 N–H and O–H groups in total. The van der Waals surface area contributed by atoms with Crippen LogP contribution < -0.4 is 5.73 Å². The fourth-order valence-electron chi connectivity index (χ4n) is 2.79. The molecule has 0 bridgehead atoms. The Morgan fingerprint density at radius 1 is 1.21 bits per heavy atom. The smallest absolute Gasteiger partial charge is 0.0843 e. The van der Waals surface area contributed by atoms with Gasteiger partial charge in [-0.25, -0.2) is 0 Å². The average molecular weight is 401 g/mol. The van der Waals surface area contributed by atoms with Gasteiger partial charge in [-0.15, -0.1) is 11.3 Å². The maximum Gasteiger partial charge on any atom is 0.0843 e. The zero-order valence-corrected chi connectivity index (χ0v) is 14.4. The van der Waals surface area contributed by atoms with E-state index in [1.165, 1.54) is 22.4 Å². The van der Waals surface area contributed by atoms with Crippen molar-refractivity contribution in [2.45, 2.75) is 25.3 Å². The summed E-state index contributed by atoms with van der Waals surface area (Å²) in [7, 11) is 0. The summed E-state index contributed by atoms with van der Waals surface area (Å²) in [4.78, 5) is 1.27. The molecule has 100 valence electrons. The summed E-state index contributed by atoms with van der Waals surface area (Å²) in [6.07, 6.45) is 3.44. The lowest BCUT2D eigenvalue weighted by Gasteiger charge is -2.28. The van der Waals surface area contributed by atoms with Crippen LogP contribution in [0.5, 0.6) is 0 Å². The molecule has 0 radical (unpaired) electrons. The molecule has 4 heteroatoms. The Hall–Kier alpha value is -0.160. The highest BCUT2D eigenvalue weighted by Gasteiger charge is 2.26. The van der Waals surface area contributed by atoms with Gasteiger partial charge in [-0.3, -0.25) is 0 Å². The van der Waals surface area contributed by atoms with E-state index in [1.54, 1.807) is 11.3 Å². The molecule has 2 atom stereocenters. The SMILES string of the molecule is NC(c1cc(Br)c(Br)s1)C1CCc2ccccc2C1. The average Bonchev–Trinajstić information content (AvgIpc) is 2.77. The van der Waals surface area contributed by atoms with Crippen LogP contribution in [0.15, 0.2) is 38.6 Å². The van der Waals surface area contributed by atoms with E-state index in [-0.39, 0.29) is 6.04 Å². The molecule has 0 fully saturated rings. The molecule has 0 amide bonds. The summed E-state index contributed by atoms with van der Waals surface area (Å²) in [5, 5.41) is 0. The highest BCUT2D eigenvalue weighted by molar-refractivity contribution is 9.13. The van der Waals surface area contributed by atoms with Gasteiger partial charge in [0.15, 0.2) is 0 Å². The van der Waals surface area contributed by atoms with Crippen LogP contribution in [0.1, 0.15) is 28.5 Å². The third-order valence-electron chi connectivity index (χ3n) is 3.89. The first-order valence-electron chi connectivity index (χ1n) is 6.42. The van der Waals surface area contributed by atoms with E-state index in [4.69, 9.17) is 5.73 Å². The molecule has 1 aromatic carbocycles. The minimum Gasteiger partial charge on any atom is -0.323 e. The summed E-state index contributed by atoms with van der Waals surface area (Å²) in [6, 6.07) is 11.0. The second kappa shape index (κ2) is 5.68.